The molecule has 8 nitrogen and oxygen atoms in total. The van der Waals surface area contributed by atoms with Crippen LogP contribution in [0.4, 0.5) is 4.39 Å². The molecule has 0 unspecified atom stereocenters. The first-order valence-electron chi connectivity index (χ1n) is 7.23. The molecule has 1 amide bonds. The smallest absolute Gasteiger partial charge is 0.337 e. The zero-order chi connectivity index (χ0) is 20.0. The fourth-order valence-electron chi connectivity index (χ4n) is 1.82. The van der Waals surface area contributed by atoms with Gasteiger partial charge in [0.25, 0.3) is 5.91 Å². The Morgan fingerprint density at radius 2 is 1.88 bits per heavy atom. The van der Waals surface area contributed by atoms with E-state index in [9.17, 15) is 18.8 Å². The Balaban J connectivity index is 0. The molecule has 25 heavy (non-hydrogen) atoms. The summed E-state index contributed by atoms with van der Waals surface area (Å²) >= 11 is 0. The molecule has 2 rings (SSSR count). The number of amides is 1. The first-order chi connectivity index (χ1) is 12.1. The highest BCUT2D eigenvalue weighted by Gasteiger charge is 2.17. The van der Waals surface area contributed by atoms with E-state index in [1.807, 2.05) is 13.8 Å². The third-order valence-corrected chi connectivity index (χ3v) is 2.65. The van der Waals surface area contributed by atoms with Gasteiger partial charge < -0.3 is 20.4 Å². The minimum absolute atomic E-state index is 0.00134. The quantitative estimate of drug-likeness (QED) is 0.628. The van der Waals surface area contributed by atoms with Crippen molar-refractivity contribution < 1.29 is 28.6 Å². The van der Waals surface area contributed by atoms with E-state index < -0.39 is 11.9 Å². The van der Waals surface area contributed by atoms with Gasteiger partial charge in [-0.2, -0.15) is 5.10 Å². The number of carbonyl (C=O) groups excluding carboxylic acids is 3. The maximum atomic E-state index is 11.4. The van der Waals surface area contributed by atoms with E-state index in [0.29, 0.717) is 24.4 Å². The van der Waals surface area contributed by atoms with Crippen molar-refractivity contribution in [2.45, 2.75) is 20.4 Å². The van der Waals surface area contributed by atoms with Crippen molar-refractivity contribution in [2.24, 2.45) is 5.73 Å². The Morgan fingerprint density at radius 3 is 2.32 bits per heavy atom. The first-order valence-corrected chi connectivity index (χ1v) is 7.23. The van der Waals surface area contributed by atoms with Gasteiger partial charge in [-0.05, 0) is 18.2 Å². The van der Waals surface area contributed by atoms with Crippen molar-refractivity contribution in [1.82, 2.24) is 9.78 Å². The molecule has 140 valence electrons. The molecular weight excluding hydrogens is 333 g/mol. The summed E-state index contributed by atoms with van der Waals surface area (Å²) in [5.74, 6) is -1.25. The molecule has 9 heteroatoms. The molecule has 0 saturated heterocycles. The van der Waals surface area contributed by atoms with Crippen molar-refractivity contribution in [2.75, 3.05) is 21.4 Å². The lowest BCUT2D eigenvalue weighted by atomic mass is 10.1. The lowest BCUT2D eigenvalue weighted by Gasteiger charge is -2.00. The van der Waals surface area contributed by atoms with Gasteiger partial charge in [0.2, 0.25) is 0 Å². The molecule has 0 fully saturated rings. The van der Waals surface area contributed by atoms with Crippen molar-refractivity contribution in [3.63, 3.8) is 0 Å². The van der Waals surface area contributed by atoms with Gasteiger partial charge in [0.1, 0.15) is 6.29 Å². The number of aromatic nitrogens is 2. The monoisotopic (exact) mass is 357 g/mol. The minimum atomic E-state index is -0.725. The number of benzene rings is 1. The Morgan fingerprint density at radius 1 is 1.32 bits per heavy atom. The van der Waals surface area contributed by atoms with Gasteiger partial charge in [0.15, 0.2) is 5.69 Å². The summed E-state index contributed by atoms with van der Waals surface area (Å²) < 4.78 is 15.5. The molecule has 0 radical (unpaired) electrons. The number of halogens is 1. The van der Waals surface area contributed by atoms with Crippen LogP contribution >= 0.6 is 0 Å². The molecule has 0 atom stereocenters. The second kappa shape index (κ2) is 13.6. The topological polar surface area (TPSA) is 125 Å². The zero-order valence-electron chi connectivity index (χ0n) is 14.9. The number of esters is 1. The van der Waals surface area contributed by atoms with Gasteiger partial charge in [-0.1, -0.05) is 13.8 Å². The number of rotatable bonds is 4. The summed E-state index contributed by atoms with van der Waals surface area (Å²) in [5.41, 5.74) is 6.08. The Labute approximate surface area is 145 Å². The third-order valence-electron chi connectivity index (χ3n) is 2.65. The van der Waals surface area contributed by atoms with Crippen LogP contribution in [0.2, 0.25) is 0 Å². The van der Waals surface area contributed by atoms with E-state index in [-0.39, 0.29) is 17.8 Å². The van der Waals surface area contributed by atoms with E-state index in [1.54, 1.807) is 6.07 Å². The number of ether oxygens (including phenoxy) is 1. The average molecular weight is 357 g/mol. The summed E-state index contributed by atoms with van der Waals surface area (Å²) in [6.07, 6.45) is 0.658. The summed E-state index contributed by atoms with van der Waals surface area (Å²) in [5, 5.41) is 11.4. The van der Waals surface area contributed by atoms with Crippen LogP contribution in [0.5, 0.6) is 0 Å². The van der Waals surface area contributed by atoms with Crippen LogP contribution in [0.3, 0.4) is 0 Å². The normalized spacial score (nSPS) is 8.60. The molecule has 3 N–H and O–H groups in total. The lowest BCUT2D eigenvalue weighted by Crippen LogP contribution is -2.13. The van der Waals surface area contributed by atoms with Crippen LogP contribution < -0.4 is 5.73 Å². The van der Waals surface area contributed by atoms with E-state index >= 15 is 0 Å². The highest BCUT2D eigenvalue weighted by Crippen LogP contribution is 2.20. The van der Waals surface area contributed by atoms with Gasteiger partial charge in [-0.25, -0.2) is 4.79 Å². The van der Waals surface area contributed by atoms with Gasteiger partial charge in [-0.15, -0.1) is 0 Å². The molecule has 1 heterocycles. The number of carbonyl (C=O) groups is 3. The number of methoxy groups -OCH3 is 1. The number of primary amides is 1. The van der Waals surface area contributed by atoms with Gasteiger partial charge in [0.05, 0.1) is 31.9 Å². The maximum absolute atomic E-state index is 11.4. The van der Waals surface area contributed by atoms with Gasteiger partial charge in [-0.3, -0.25) is 13.9 Å². The predicted octanol–water partition coefficient (Wildman–Crippen LogP) is 1.34. The molecule has 0 aliphatic heterocycles. The average Bonchev–Trinajstić information content (AvgIpc) is 3.04. The van der Waals surface area contributed by atoms with Crippen molar-refractivity contribution in [3.8, 4) is 0 Å². The summed E-state index contributed by atoms with van der Waals surface area (Å²) in [7, 11) is 2.76. The Hall–Kier alpha value is -2.81. The number of aliphatic hydroxyl groups is 1. The fraction of sp³-hybridized carbons (Fsp3) is 0.375. The Bertz CT molecular complexity index is 686. The number of alkyl halides is 1. The standard InChI is InChI=1S/C12H11N3O4.C2H6.CH3F.CH4O/c1-19-12(18)7-2-3-9-8(6-7)10(11(13)17)14-15(9)4-5-16;3*1-2/h2-3,5-6H,4H2,1H3,(H2,13,17);1-2H3;1H3;2H,1H3. The molecule has 0 bridgehead atoms. The largest absolute Gasteiger partial charge is 0.465 e. The van der Waals surface area contributed by atoms with Gasteiger partial charge >= 0.3 is 5.97 Å². The van der Waals surface area contributed by atoms with Gasteiger partial charge in [0, 0.05) is 12.5 Å². The molecule has 1 aromatic heterocycles. The van der Waals surface area contributed by atoms with Crippen LogP contribution in [-0.2, 0) is 16.1 Å². The second-order valence-corrected chi connectivity index (χ2v) is 3.79. The van der Waals surface area contributed by atoms with Crippen LogP contribution in [0.1, 0.15) is 34.7 Å². The van der Waals surface area contributed by atoms with E-state index in [2.05, 4.69) is 9.84 Å². The molecule has 1 aromatic carbocycles. The molecule has 0 spiro atoms. The number of hydrogen-bond acceptors (Lipinski definition) is 6. The molecular formula is C16H24FN3O5. The minimum Gasteiger partial charge on any atom is -0.465 e. The van der Waals surface area contributed by atoms with Crippen LogP contribution in [0.15, 0.2) is 18.2 Å². The summed E-state index contributed by atoms with van der Waals surface area (Å²) in [6, 6.07) is 4.59. The number of nitrogens with zero attached hydrogens (tertiary/aromatic N) is 2. The first kappa shape index (κ1) is 24.4. The highest BCUT2D eigenvalue weighted by molar-refractivity contribution is 6.06. The fourth-order valence-corrected chi connectivity index (χ4v) is 1.82. The predicted molar refractivity (Wildman–Crippen MR) is 92.2 cm³/mol. The lowest BCUT2D eigenvalue weighted by molar-refractivity contribution is -0.108. The summed E-state index contributed by atoms with van der Waals surface area (Å²) in [4.78, 5) is 33.3. The second-order valence-electron chi connectivity index (χ2n) is 3.79. The maximum Gasteiger partial charge on any atom is 0.337 e. The van der Waals surface area contributed by atoms with E-state index in [1.165, 1.54) is 23.9 Å². The molecule has 0 aliphatic rings. The van der Waals surface area contributed by atoms with Crippen LogP contribution in [-0.4, -0.2) is 54.4 Å². The zero-order valence-corrected chi connectivity index (χ0v) is 14.9. The summed E-state index contributed by atoms with van der Waals surface area (Å²) in [6.45, 7) is 4.00. The van der Waals surface area contributed by atoms with Crippen LogP contribution in [0, 0.1) is 0 Å². The van der Waals surface area contributed by atoms with Crippen LogP contribution in [0.25, 0.3) is 10.9 Å². The number of hydrogen-bond donors (Lipinski definition) is 2. The number of aliphatic hydroxyl groups excluding tert-OH is 1. The third kappa shape index (κ3) is 6.30. The SMILES string of the molecule is CC.CF.CO.COC(=O)c1ccc2c(c1)c(C(N)=O)nn2CC=O. The van der Waals surface area contributed by atoms with Crippen molar-refractivity contribution in [1.29, 1.82) is 0 Å². The highest BCUT2D eigenvalue weighted by atomic mass is 19.1. The van der Waals surface area contributed by atoms with E-state index in [0.717, 1.165) is 7.11 Å². The van der Waals surface area contributed by atoms with Crippen molar-refractivity contribution >= 4 is 29.1 Å². The van der Waals surface area contributed by atoms with E-state index in [4.69, 9.17) is 10.8 Å². The number of fused-ring (bicyclic) bond motifs is 1. The molecule has 0 saturated carbocycles. The number of nitrogens with two attached hydrogens (primary N) is 1. The molecule has 2 aromatic rings. The number of aldehydes is 1. The molecule has 0 aliphatic carbocycles. The Kier molecular flexibility index (Phi) is 13.3. The van der Waals surface area contributed by atoms with Crippen molar-refractivity contribution in [3.05, 3.63) is 29.5 Å².